The van der Waals surface area contributed by atoms with Gasteiger partial charge in [0.25, 0.3) is 0 Å². The summed E-state index contributed by atoms with van der Waals surface area (Å²) in [7, 11) is 0. The zero-order valence-corrected chi connectivity index (χ0v) is 9.70. The number of pyridine rings is 1. The minimum atomic E-state index is 0.818. The molecule has 1 N–H and O–H groups in total. The van der Waals surface area contributed by atoms with Gasteiger partial charge in [-0.05, 0) is 42.7 Å². The van der Waals surface area contributed by atoms with Crippen LogP contribution in [-0.4, -0.2) is 4.98 Å². The molecule has 0 unspecified atom stereocenters. The highest BCUT2D eigenvalue weighted by Crippen LogP contribution is 2.11. The summed E-state index contributed by atoms with van der Waals surface area (Å²) in [5, 5.41) is 3.39. The van der Waals surface area contributed by atoms with Gasteiger partial charge in [0.15, 0.2) is 0 Å². The molecule has 0 amide bonds. The maximum atomic E-state index is 4.17. The van der Waals surface area contributed by atoms with E-state index in [4.69, 9.17) is 0 Å². The molecule has 0 fully saturated rings. The first-order chi connectivity index (χ1) is 7.74. The zero-order valence-electron chi connectivity index (χ0n) is 9.70. The van der Waals surface area contributed by atoms with Crippen molar-refractivity contribution in [3.63, 3.8) is 0 Å². The Kier molecular flexibility index (Phi) is 3.20. The van der Waals surface area contributed by atoms with E-state index in [9.17, 15) is 0 Å². The molecule has 1 aromatic heterocycles. The molecular formula is C14H16N2. The fourth-order valence-corrected chi connectivity index (χ4v) is 1.67. The minimum Gasteiger partial charge on any atom is -0.381 e. The summed E-state index contributed by atoms with van der Waals surface area (Å²) in [6.45, 7) is 4.97. The lowest BCUT2D eigenvalue weighted by Crippen LogP contribution is -2.00. The van der Waals surface area contributed by atoms with Crippen LogP contribution in [0.3, 0.4) is 0 Å². The third kappa shape index (κ3) is 2.83. The van der Waals surface area contributed by atoms with Gasteiger partial charge in [0, 0.05) is 24.6 Å². The summed E-state index contributed by atoms with van der Waals surface area (Å²) in [6, 6.07) is 10.5. The van der Waals surface area contributed by atoms with Gasteiger partial charge in [-0.3, -0.25) is 4.98 Å². The lowest BCUT2D eigenvalue weighted by Gasteiger charge is -2.07. The molecule has 16 heavy (non-hydrogen) atoms. The first kappa shape index (κ1) is 10.7. The quantitative estimate of drug-likeness (QED) is 0.844. The van der Waals surface area contributed by atoms with Crippen LogP contribution >= 0.6 is 0 Å². The molecule has 0 radical (unpaired) electrons. The number of hydrogen-bond donors (Lipinski definition) is 1. The maximum Gasteiger partial charge on any atom is 0.0416 e. The van der Waals surface area contributed by atoms with E-state index in [0.29, 0.717) is 0 Å². The monoisotopic (exact) mass is 212 g/mol. The number of anilines is 1. The molecule has 0 bridgehead atoms. The topological polar surface area (TPSA) is 24.9 Å². The number of aryl methyl sites for hydroxylation is 2. The molecule has 0 atom stereocenters. The van der Waals surface area contributed by atoms with Gasteiger partial charge in [0.2, 0.25) is 0 Å². The van der Waals surface area contributed by atoms with Crippen molar-refractivity contribution < 1.29 is 0 Å². The lowest BCUT2D eigenvalue weighted by atomic mass is 10.2. The maximum absolute atomic E-state index is 4.17. The van der Waals surface area contributed by atoms with Crippen molar-refractivity contribution in [2.45, 2.75) is 20.4 Å². The van der Waals surface area contributed by atoms with Crippen LogP contribution in [0.1, 0.15) is 16.7 Å². The Morgan fingerprint density at radius 3 is 2.69 bits per heavy atom. The summed E-state index contributed by atoms with van der Waals surface area (Å²) in [5.74, 6) is 0. The van der Waals surface area contributed by atoms with Crippen LogP contribution in [-0.2, 0) is 6.54 Å². The van der Waals surface area contributed by atoms with Gasteiger partial charge in [-0.25, -0.2) is 0 Å². The van der Waals surface area contributed by atoms with E-state index in [0.717, 1.165) is 12.2 Å². The number of aromatic nitrogens is 1. The summed E-state index contributed by atoms with van der Waals surface area (Å²) in [6.07, 6.45) is 3.77. The van der Waals surface area contributed by atoms with Gasteiger partial charge < -0.3 is 5.32 Å². The van der Waals surface area contributed by atoms with Crippen molar-refractivity contribution in [1.29, 1.82) is 0 Å². The second-order valence-corrected chi connectivity index (χ2v) is 4.09. The smallest absolute Gasteiger partial charge is 0.0416 e. The highest BCUT2D eigenvalue weighted by Gasteiger charge is 1.95. The first-order valence-corrected chi connectivity index (χ1v) is 5.45. The normalized spacial score (nSPS) is 10.1. The SMILES string of the molecule is Cc1cncc(CNc2cccc(C)c2)c1. The molecule has 0 spiro atoms. The second kappa shape index (κ2) is 4.79. The highest BCUT2D eigenvalue weighted by atomic mass is 14.9. The fourth-order valence-electron chi connectivity index (χ4n) is 1.67. The van der Waals surface area contributed by atoms with Crippen LogP contribution in [0.4, 0.5) is 5.69 Å². The molecule has 0 aliphatic carbocycles. The molecule has 0 saturated carbocycles. The average molecular weight is 212 g/mol. The Bertz CT molecular complexity index is 432. The van der Waals surface area contributed by atoms with Gasteiger partial charge in [0.05, 0.1) is 0 Å². The predicted molar refractivity (Wildman–Crippen MR) is 67.5 cm³/mol. The molecule has 0 saturated heterocycles. The predicted octanol–water partition coefficient (Wildman–Crippen LogP) is 3.31. The molecular weight excluding hydrogens is 196 g/mol. The van der Waals surface area contributed by atoms with Crippen LogP contribution < -0.4 is 5.32 Å². The number of nitrogens with zero attached hydrogens (tertiary/aromatic N) is 1. The van der Waals surface area contributed by atoms with Crippen LogP contribution in [0.2, 0.25) is 0 Å². The molecule has 2 aromatic rings. The van der Waals surface area contributed by atoms with Gasteiger partial charge in [0.1, 0.15) is 0 Å². The number of rotatable bonds is 3. The van der Waals surface area contributed by atoms with Gasteiger partial charge in [-0.1, -0.05) is 18.2 Å². The Morgan fingerprint density at radius 1 is 1.06 bits per heavy atom. The van der Waals surface area contributed by atoms with E-state index < -0.39 is 0 Å². The van der Waals surface area contributed by atoms with Crippen LogP contribution in [0.5, 0.6) is 0 Å². The number of nitrogens with one attached hydrogen (secondary N) is 1. The van der Waals surface area contributed by atoms with Crippen LogP contribution in [0.25, 0.3) is 0 Å². The zero-order chi connectivity index (χ0) is 11.4. The van der Waals surface area contributed by atoms with Crippen molar-refractivity contribution >= 4 is 5.69 Å². The Morgan fingerprint density at radius 2 is 1.94 bits per heavy atom. The van der Waals surface area contributed by atoms with Crippen molar-refractivity contribution in [1.82, 2.24) is 4.98 Å². The lowest BCUT2D eigenvalue weighted by molar-refractivity contribution is 1.10. The molecule has 82 valence electrons. The molecule has 0 aliphatic heterocycles. The Labute approximate surface area is 96.4 Å². The van der Waals surface area contributed by atoms with E-state index in [1.54, 1.807) is 0 Å². The summed E-state index contributed by atoms with van der Waals surface area (Å²) in [5.41, 5.74) is 4.83. The molecule has 2 nitrogen and oxygen atoms in total. The minimum absolute atomic E-state index is 0.818. The first-order valence-electron chi connectivity index (χ1n) is 5.45. The number of hydrogen-bond acceptors (Lipinski definition) is 2. The van der Waals surface area contributed by atoms with E-state index >= 15 is 0 Å². The molecule has 0 aliphatic rings. The summed E-state index contributed by atoms with van der Waals surface area (Å²) in [4.78, 5) is 4.17. The Balaban J connectivity index is 2.02. The van der Waals surface area contributed by atoms with Gasteiger partial charge in [-0.15, -0.1) is 0 Å². The highest BCUT2D eigenvalue weighted by molar-refractivity contribution is 5.45. The van der Waals surface area contributed by atoms with Crippen LogP contribution in [0.15, 0.2) is 42.7 Å². The van der Waals surface area contributed by atoms with Crippen molar-refractivity contribution in [3.8, 4) is 0 Å². The van der Waals surface area contributed by atoms with E-state index in [2.05, 4.69) is 54.5 Å². The third-order valence-electron chi connectivity index (χ3n) is 2.45. The van der Waals surface area contributed by atoms with Crippen molar-refractivity contribution in [2.24, 2.45) is 0 Å². The van der Waals surface area contributed by atoms with Crippen LogP contribution in [0, 0.1) is 13.8 Å². The van der Waals surface area contributed by atoms with E-state index in [1.807, 2.05) is 12.4 Å². The van der Waals surface area contributed by atoms with Gasteiger partial charge >= 0.3 is 0 Å². The van der Waals surface area contributed by atoms with Gasteiger partial charge in [-0.2, -0.15) is 0 Å². The fraction of sp³-hybridized carbons (Fsp3) is 0.214. The standard InChI is InChI=1S/C14H16N2/c1-11-4-3-5-14(7-11)16-10-13-6-12(2)8-15-9-13/h3-9,16H,10H2,1-2H3. The molecule has 2 heteroatoms. The third-order valence-corrected chi connectivity index (χ3v) is 2.45. The summed E-state index contributed by atoms with van der Waals surface area (Å²) >= 11 is 0. The second-order valence-electron chi connectivity index (χ2n) is 4.09. The Hall–Kier alpha value is -1.83. The summed E-state index contributed by atoms with van der Waals surface area (Å²) < 4.78 is 0. The van der Waals surface area contributed by atoms with Crippen molar-refractivity contribution in [3.05, 3.63) is 59.4 Å². The largest absolute Gasteiger partial charge is 0.381 e. The average Bonchev–Trinajstić information content (AvgIpc) is 2.27. The van der Waals surface area contributed by atoms with Crippen molar-refractivity contribution in [2.75, 3.05) is 5.32 Å². The van der Waals surface area contributed by atoms with E-state index in [1.165, 1.54) is 16.7 Å². The molecule has 1 aromatic carbocycles. The molecule has 2 rings (SSSR count). The van der Waals surface area contributed by atoms with E-state index in [-0.39, 0.29) is 0 Å². The number of benzene rings is 1. The molecule has 1 heterocycles.